The van der Waals surface area contributed by atoms with Crippen LogP contribution in [0.15, 0.2) is 66.5 Å². The Kier molecular flexibility index (Phi) is 5.54. The number of carboxylic acids is 1. The summed E-state index contributed by atoms with van der Waals surface area (Å²) in [6, 6.07) is 17.2. The molecule has 0 unspecified atom stereocenters. The van der Waals surface area contributed by atoms with Gasteiger partial charge in [-0.3, -0.25) is 9.59 Å². The summed E-state index contributed by atoms with van der Waals surface area (Å²) in [4.78, 5) is 26.9. The zero-order valence-corrected chi connectivity index (χ0v) is 16.6. The van der Waals surface area contributed by atoms with Crippen molar-refractivity contribution in [3.05, 3.63) is 77.6 Å². The normalized spacial score (nSPS) is 11.5. The molecule has 4 aromatic rings. The lowest BCUT2D eigenvalue weighted by atomic mass is 10.1. The first-order chi connectivity index (χ1) is 15.1. The fourth-order valence-corrected chi connectivity index (χ4v) is 3.72. The van der Waals surface area contributed by atoms with Crippen LogP contribution in [0, 0.1) is 11.3 Å². The van der Waals surface area contributed by atoms with E-state index in [1.807, 2.05) is 60.8 Å². The lowest BCUT2D eigenvalue weighted by Crippen LogP contribution is -2.26. The van der Waals surface area contributed by atoms with Gasteiger partial charge in [0.25, 0.3) is 5.91 Å². The van der Waals surface area contributed by atoms with Crippen LogP contribution in [0.3, 0.4) is 0 Å². The SMILES string of the molecule is N#CC(=Cc1cn(CC(=O)O)c2ccccc12)C(=O)NCCc1c[nH]c2ccccc12. The third-order valence-corrected chi connectivity index (χ3v) is 5.14. The molecule has 0 bridgehead atoms. The van der Waals surface area contributed by atoms with E-state index >= 15 is 0 Å². The number of aliphatic carboxylic acids is 1. The maximum atomic E-state index is 12.6. The molecule has 0 aliphatic rings. The van der Waals surface area contributed by atoms with Crippen LogP contribution < -0.4 is 5.32 Å². The van der Waals surface area contributed by atoms with Crippen molar-refractivity contribution in [3.8, 4) is 6.07 Å². The largest absolute Gasteiger partial charge is 0.480 e. The predicted octanol–water partition coefficient (Wildman–Crippen LogP) is 3.47. The number of carbonyl (C=O) groups excluding carboxylic acids is 1. The summed E-state index contributed by atoms with van der Waals surface area (Å²) < 4.78 is 1.59. The topological polar surface area (TPSA) is 111 Å². The summed E-state index contributed by atoms with van der Waals surface area (Å²) >= 11 is 0. The molecule has 2 heterocycles. The Morgan fingerprint density at radius 1 is 1.13 bits per heavy atom. The minimum absolute atomic E-state index is 0.0304. The van der Waals surface area contributed by atoms with E-state index in [1.165, 1.54) is 6.08 Å². The van der Waals surface area contributed by atoms with Crippen LogP contribution in [0.4, 0.5) is 0 Å². The monoisotopic (exact) mass is 412 g/mol. The second-order valence-corrected chi connectivity index (χ2v) is 7.16. The van der Waals surface area contributed by atoms with E-state index in [-0.39, 0.29) is 12.1 Å². The predicted molar refractivity (Wildman–Crippen MR) is 118 cm³/mol. The number of carbonyl (C=O) groups is 2. The highest BCUT2D eigenvalue weighted by Crippen LogP contribution is 2.24. The van der Waals surface area contributed by atoms with Crippen molar-refractivity contribution >= 4 is 39.8 Å². The fourth-order valence-electron chi connectivity index (χ4n) is 3.72. The van der Waals surface area contributed by atoms with Gasteiger partial charge in [-0.1, -0.05) is 36.4 Å². The van der Waals surface area contributed by atoms with E-state index in [9.17, 15) is 14.9 Å². The van der Waals surface area contributed by atoms with Crippen LogP contribution in [0.5, 0.6) is 0 Å². The molecular weight excluding hydrogens is 392 g/mol. The van der Waals surface area contributed by atoms with Crippen molar-refractivity contribution in [1.82, 2.24) is 14.9 Å². The van der Waals surface area contributed by atoms with Gasteiger partial charge in [-0.2, -0.15) is 5.26 Å². The zero-order valence-electron chi connectivity index (χ0n) is 16.6. The minimum Gasteiger partial charge on any atom is -0.480 e. The summed E-state index contributed by atoms with van der Waals surface area (Å²) in [6.07, 6.45) is 5.71. The van der Waals surface area contributed by atoms with Gasteiger partial charge in [0.2, 0.25) is 0 Å². The van der Waals surface area contributed by atoms with E-state index in [1.54, 1.807) is 10.8 Å². The van der Waals surface area contributed by atoms with Gasteiger partial charge in [0, 0.05) is 46.3 Å². The molecule has 0 saturated heterocycles. The highest BCUT2D eigenvalue weighted by molar-refractivity contribution is 6.04. The van der Waals surface area contributed by atoms with Crippen LogP contribution in [0.1, 0.15) is 11.1 Å². The number of aromatic nitrogens is 2. The molecule has 0 radical (unpaired) electrons. The first kappa shape index (κ1) is 20.0. The molecule has 0 spiro atoms. The fraction of sp³-hybridized carbons (Fsp3) is 0.125. The molecule has 7 heteroatoms. The van der Waals surface area contributed by atoms with Crippen LogP contribution in [0.25, 0.3) is 27.9 Å². The molecule has 0 fully saturated rings. The number of nitrogens with one attached hydrogen (secondary N) is 2. The van der Waals surface area contributed by atoms with Crippen molar-refractivity contribution in [2.24, 2.45) is 0 Å². The molecule has 0 saturated carbocycles. The molecular formula is C24H20N4O3. The average molecular weight is 412 g/mol. The standard InChI is InChI=1S/C24H20N4O3/c25-12-17(11-18-14-28(15-23(29)30)22-8-4-2-6-20(18)22)24(31)26-10-9-16-13-27-21-7-3-1-5-19(16)21/h1-8,11,13-14,27H,9-10,15H2,(H,26,31)(H,29,30). The van der Waals surface area contributed by atoms with Gasteiger partial charge in [-0.25, -0.2) is 0 Å². The second-order valence-electron chi connectivity index (χ2n) is 7.16. The Labute approximate surface area is 178 Å². The number of fused-ring (bicyclic) bond motifs is 2. The third-order valence-electron chi connectivity index (χ3n) is 5.14. The summed E-state index contributed by atoms with van der Waals surface area (Å²) in [5.74, 6) is -1.43. The van der Waals surface area contributed by atoms with Crippen molar-refractivity contribution < 1.29 is 14.7 Å². The number of para-hydroxylation sites is 2. The van der Waals surface area contributed by atoms with E-state index < -0.39 is 11.9 Å². The van der Waals surface area contributed by atoms with E-state index in [2.05, 4.69) is 10.3 Å². The Bertz CT molecular complexity index is 1350. The number of H-pyrrole nitrogens is 1. The summed E-state index contributed by atoms with van der Waals surface area (Å²) in [6.45, 7) is 0.188. The van der Waals surface area contributed by atoms with Crippen molar-refractivity contribution in [3.63, 3.8) is 0 Å². The van der Waals surface area contributed by atoms with Crippen molar-refractivity contribution in [1.29, 1.82) is 5.26 Å². The maximum absolute atomic E-state index is 12.6. The Morgan fingerprint density at radius 2 is 1.87 bits per heavy atom. The lowest BCUT2D eigenvalue weighted by molar-refractivity contribution is -0.137. The molecule has 3 N–H and O–H groups in total. The maximum Gasteiger partial charge on any atom is 0.323 e. The third kappa shape index (κ3) is 4.19. The van der Waals surface area contributed by atoms with Gasteiger partial charge in [0.1, 0.15) is 18.2 Å². The Balaban J connectivity index is 1.51. The molecule has 1 amide bonds. The summed E-state index contributed by atoms with van der Waals surface area (Å²) in [5, 5.41) is 23.4. The smallest absolute Gasteiger partial charge is 0.323 e. The number of nitriles is 1. The summed E-state index contributed by atoms with van der Waals surface area (Å²) in [5.41, 5.74) is 3.46. The number of nitrogens with zero attached hydrogens (tertiary/aromatic N) is 2. The Hall–Kier alpha value is -4.31. The molecule has 0 atom stereocenters. The van der Waals surface area contributed by atoms with Crippen molar-refractivity contribution in [2.75, 3.05) is 6.54 Å². The van der Waals surface area contributed by atoms with Crippen molar-refractivity contribution in [2.45, 2.75) is 13.0 Å². The molecule has 154 valence electrons. The second kappa shape index (κ2) is 8.59. The number of hydrogen-bond acceptors (Lipinski definition) is 3. The van der Waals surface area contributed by atoms with Gasteiger partial charge in [0.15, 0.2) is 0 Å². The number of aromatic amines is 1. The first-order valence-electron chi connectivity index (χ1n) is 9.81. The summed E-state index contributed by atoms with van der Waals surface area (Å²) in [7, 11) is 0. The quantitative estimate of drug-likeness (QED) is 0.319. The first-order valence-corrected chi connectivity index (χ1v) is 9.81. The lowest BCUT2D eigenvalue weighted by Gasteiger charge is -2.04. The Morgan fingerprint density at radius 3 is 2.65 bits per heavy atom. The van der Waals surface area contributed by atoms with E-state index in [4.69, 9.17) is 5.11 Å². The van der Waals surface area contributed by atoms with Gasteiger partial charge >= 0.3 is 5.97 Å². The highest BCUT2D eigenvalue weighted by Gasteiger charge is 2.13. The van der Waals surface area contributed by atoms with Crippen LogP contribution in [-0.4, -0.2) is 33.1 Å². The van der Waals surface area contributed by atoms with E-state index in [0.29, 0.717) is 18.5 Å². The number of rotatable bonds is 7. The van der Waals surface area contributed by atoms with Gasteiger partial charge in [-0.15, -0.1) is 0 Å². The molecule has 31 heavy (non-hydrogen) atoms. The molecule has 2 aromatic carbocycles. The molecule has 0 aliphatic heterocycles. The number of carboxylic acid groups (broad SMARTS) is 1. The van der Waals surface area contributed by atoms with Gasteiger partial charge in [-0.05, 0) is 30.2 Å². The average Bonchev–Trinajstić information content (AvgIpc) is 3.33. The minimum atomic E-state index is -0.966. The van der Waals surface area contributed by atoms with E-state index in [0.717, 1.165) is 27.4 Å². The van der Waals surface area contributed by atoms with Crippen LogP contribution in [-0.2, 0) is 22.6 Å². The highest BCUT2D eigenvalue weighted by atomic mass is 16.4. The number of hydrogen-bond donors (Lipinski definition) is 3. The molecule has 2 aromatic heterocycles. The van der Waals surface area contributed by atoms with Gasteiger partial charge in [0.05, 0.1) is 0 Å². The van der Waals surface area contributed by atoms with Gasteiger partial charge < -0.3 is 20.0 Å². The zero-order chi connectivity index (χ0) is 21.8. The molecule has 7 nitrogen and oxygen atoms in total. The number of benzene rings is 2. The van der Waals surface area contributed by atoms with Crippen LogP contribution in [0.2, 0.25) is 0 Å². The molecule has 0 aliphatic carbocycles. The molecule has 4 rings (SSSR count). The van der Waals surface area contributed by atoms with Crippen LogP contribution >= 0.6 is 0 Å². The number of amides is 1.